The second-order valence-electron chi connectivity index (χ2n) is 3.48. The molecule has 0 atom stereocenters. The fourth-order valence-electron chi connectivity index (χ4n) is 1.23. The molecule has 0 aliphatic rings. The summed E-state index contributed by atoms with van der Waals surface area (Å²) in [7, 11) is 1.56. The van der Waals surface area contributed by atoms with Gasteiger partial charge in [0, 0.05) is 21.8 Å². The molecule has 2 rings (SSSR count). The molecule has 0 spiro atoms. The van der Waals surface area contributed by atoms with E-state index in [1.807, 2.05) is 13.8 Å². The predicted molar refractivity (Wildman–Crippen MR) is 60.2 cm³/mol. The van der Waals surface area contributed by atoms with Crippen molar-refractivity contribution in [3.05, 3.63) is 17.3 Å². The predicted octanol–water partition coefficient (Wildman–Crippen LogP) is 2.45. The van der Waals surface area contributed by atoms with Crippen molar-refractivity contribution >= 4 is 36.0 Å². The van der Waals surface area contributed by atoms with Crippen molar-refractivity contribution in [3.8, 4) is 0 Å². The van der Waals surface area contributed by atoms with Gasteiger partial charge in [0.2, 0.25) is 0 Å². The van der Waals surface area contributed by atoms with E-state index in [1.165, 1.54) is 21.9 Å². The highest BCUT2D eigenvalue weighted by molar-refractivity contribution is 8.13. The van der Waals surface area contributed by atoms with Crippen LogP contribution < -0.4 is 0 Å². The van der Waals surface area contributed by atoms with Crippen LogP contribution in [0.15, 0.2) is 17.4 Å². The number of rotatable bonds is 2. The monoisotopic (exact) mass is 264 g/mol. The molecule has 0 unspecified atom stereocenters. The molecule has 0 aromatic carbocycles. The molecular weight excluding hydrogens is 256 g/mol. The Bertz CT molecular complexity index is 597. The quantitative estimate of drug-likeness (QED) is 0.783. The molecule has 0 radical (unpaired) electrons. The van der Waals surface area contributed by atoms with Crippen LogP contribution in [0.2, 0.25) is 0 Å². The van der Waals surface area contributed by atoms with Gasteiger partial charge in [-0.15, -0.1) is 11.3 Å². The van der Waals surface area contributed by atoms with Crippen molar-refractivity contribution in [1.82, 2.24) is 9.38 Å². The van der Waals surface area contributed by atoms with Gasteiger partial charge >= 0.3 is 0 Å². The molecule has 0 saturated carbocycles. The van der Waals surface area contributed by atoms with E-state index in [4.69, 9.17) is 10.7 Å². The first-order valence-electron chi connectivity index (χ1n) is 4.31. The van der Waals surface area contributed by atoms with Crippen molar-refractivity contribution < 1.29 is 8.42 Å². The van der Waals surface area contributed by atoms with Crippen LogP contribution in [0.3, 0.4) is 0 Å². The maximum atomic E-state index is 11.2. The molecule has 0 saturated heterocycles. The summed E-state index contributed by atoms with van der Waals surface area (Å²) in [6.07, 6.45) is 3.05. The summed E-state index contributed by atoms with van der Waals surface area (Å²) in [6, 6.07) is 0. The maximum absolute atomic E-state index is 11.2. The van der Waals surface area contributed by atoms with Gasteiger partial charge in [0.05, 0.1) is 6.20 Å². The van der Waals surface area contributed by atoms with Gasteiger partial charge in [0.25, 0.3) is 9.05 Å². The van der Waals surface area contributed by atoms with E-state index >= 15 is 0 Å². The summed E-state index contributed by atoms with van der Waals surface area (Å²) < 4.78 is 23.9. The second kappa shape index (κ2) is 3.47. The molecule has 0 fully saturated rings. The molecule has 82 valence electrons. The lowest BCUT2D eigenvalue weighted by Gasteiger charge is -1.96. The Labute approximate surface area is 95.9 Å². The first-order valence-corrected chi connectivity index (χ1v) is 7.43. The lowest BCUT2D eigenvalue weighted by Crippen LogP contribution is -1.94. The van der Waals surface area contributed by atoms with E-state index in [1.54, 1.807) is 6.20 Å². The first kappa shape index (κ1) is 10.9. The van der Waals surface area contributed by atoms with Crippen molar-refractivity contribution in [2.45, 2.75) is 24.8 Å². The number of thiazole rings is 1. The summed E-state index contributed by atoms with van der Waals surface area (Å²) >= 11 is 1.47. The molecule has 15 heavy (non-hydrogen) atoms. The minimum atomic E-state index is -3.72. The van der Waals surface area contributed by atoms with Gasteiger partial charge in [0.15, 0.2) is 9.99 Å². The van der Waals surface area contributed by atoms with Gasteiger partial charge in [-0.1, -0.05) is 13.8 Å². The topological polar surface area (TPSA) is 51.4 Å². The zero-order chi connectivity index (χ0) is 11.2. The summed E-state index contributed by atoms with van der Waals surface area (Å²) in [5.74, 6) is 0.350. The molecule has 2 heterocycles. The van der Waals surface area contributed by atoms with Crippen molar-refractivity contribution in [2.75, 3.05) is 0 Å². The number of nitrogens with zero attached hydrogens (tertiary/aromatic N) is 2. The van der Waals surface area contributed by atoms with E-state index in [-0.39, 0.29) is 5.03 Å². The summed E-state index contributed by atoms with van der Waals surface area (Å²) in [5.41, 5.74) is 0. The van der Waals surface area contributed by atoms with Gasteiger partial charge in [0.1, 0.15) is 0 Å². The third-order valence-corrected chi connectivity index (χ3v) is 4.59. The van der Waals surface area contributed by atoms with Crippen molar-refractivity contribution in [1.29, 1.82) is 0 Å². The van der Waals surface area contributed by atoms with Gasteiger partial charge in [-0.3, -0.25) is 4.40 Å². The Balaban J connectivity index is 2.70. The number of imidazole rings is 1. The minimum Gasteiger partial charge on any atom is -0.280 e. The van der Waals surface area contributed by atoms with Crippen LogP contribution in [-0.4, -0.2) is 17.8 Å². The Hall–Kier alpha value is -0.590. The fraction of sp³-hybridized carbons (Fsp3) is 0.375. The van der Waals surface area contributed by atoms with E-state index in [9.17, 15) is 8.42 Å². The molecule has 2 aromatic heterocycles. The Morgan fingerprint density at radius 2 is 2.20 bits per heavy atom. The van der Waals surface area contributed by atoms with E-state index < -0.39 is 9.05 Å². The van der Waals surface area contributed by atoms with Crippen LogP contribution in [0.1, 0.15) is 24.6 Å². The third kappa shape index (κ3) is 1.89. The lowest BCUT2D eigenvalue weighted by molar-refractivity contribution is 0.605. The minimum absolute atomic E-state index is 0.0299. The lowest BCUT2D eigenvalue weighted by atomic mass is 10.2. The van der Waals surface area contributed by atoms with Crippen molar-refractivity contribution in [2.24, 2.45) is 0 Å². The molecule has 0 aliphatic carbocycles. The average Bonchev–Trinajstić information content (AvgIpc) is 2.56. The van der Waals surface area contributed by atoms with Crippen LogP contribution >= 0.6 is 22.0 Å². The summed E-state index contributed by atoms with van der Waals surface area (Å²) in [6.45, 7) is 4.08. The third-order valence-electron chi connectivity index (χ3n) is 2.01. The number of hydrogen-bond donors (Lipinski definition) is 0. The van der Waals surface area contributed by atoms with Gasteiger partial charge in [-0.2, -0.15) is 0 Å². The molecule has 4 nitrogen and oxygen atoms in total. The van der Waals surface area contributed by atoms with E-state index in [0.29, 0.717) is 10.9 Å². The molecule has 0 N–H and O–H groups in total. The van der Waals surface area contributed by atoms with Gasteiger partial charge in [-0.05, 0) is 5.92 Å². The molecule has 0 bridgehead atoms. The van der Waals surface area contributed by atoms with Gasteiger partial charge in [-0.25, -0.2) is 13.4 Å². The van der Waals surface area contributed by atoms with Gasteiger partial charge < -0.3 is 0 Å². The van der Waals surface area contributed by atoms with Crippen LogP contribution in [0.25, 0.3) is 4.96 Å². The van der Waals surface area contributed by atoms with E-state index in [2.05, 4.69) is 4.98 Å². The molecular formula is C8H9ClN2O2S2. The molecule has 0 amide bonds. The Morgan fingerprint density at radius 1 is 1.53 bits per heavy atom. The van der Waals surface area contributed by atoms with E-state index in [0.717, 1.165) is 4.88 Å². The zero-order valence-corrected chi connectivity index (χ0v) is 10.5. The smallest absolute Gasteiger partial charge is 0.278 e. The number of aromatic nitrogens is 2. The number of hydrogen-bond acceptors (Lipinski definition) is 4. The maximum Gasteiger partial charge on any atom is 0.278 e. The summed E-state index contributed by atoms with van der Waals surface area (Å²) in [5, 5.41) is 0.0299. The highest BCUT2D eigenvalue weighted by Crippen LogP contribution is 2.27. The first-order chi connectivity index (χ1) is 6.89. The van der Waals surface area contributed by atoms with Crippen molar-refractivity contribution in [3.63, 3.8) is 0 Å². The standard InChI is InChI=1S/C8H9ClN2O2S2/c1-5(2)6-4-11-7(15(9,12)13)3-10-8(11)14-6/h3-5H,1-2H3. The Morgan fingerprint density at radius 3 is 2.73 bits per heavy atom. The SMILES string of the molecule is CC(C)c1cn2c(S(=O)(=O)Cl)cnc2s1. The normalized spacial score (nSPS) is 12.8. The largest absolute Gasteiger partial charge is 0.280 e. The zero-order valence-electron chi connectivity index (χ0n) is 8.14. The molecule has 0 aliphatic heterocycles. The average molecular weight is 265 g/mol. The highest BCUT2D eigenvalue weighted by Gasteiger charge is 2.18. The highest BCUT2D eigenvalue weighted by atomic mass is 35.7. The summed E-state index contributed by atoms with van der Waals surface area (Å²) in [4.78, 5) is 5.74. The van der Waals surface area contributed by atoms with Crippen LogP contribution in [0, 0.1) is 0 Å². The Kier molecular flexibility index (Phi) is 2.52. The number of halogens is 1. The second-order valence-corrected chi connectivity index (χ2v) is 7.03. The van der Waals surface area contributed by atoms with Crippen LogP contribution in [0.4, 0.5) is 0 Å². The fourth-order valence-corrected chi connectivity index (χ4v) is 3.14. The van der Waals surface area contributed by atoms with Crippen LogP contribution in [0.5, 0.6) is 0 Å². The molecule has 2 aromatic rings. The molecule has 7 heteroatoms. The number of fused-ring (bicyclic) bond motifs is 1. The van der Waals surface area contributed by atoms with Crippen LogP contribution in [-0.2, 0) is 9.05 Å².